The number of carbonyl (C=O) groups is 1. The SMILES string of the molecule is CCC[C@H](N)C(=O)N(C)[C@@H]1CCN(C)[C@H](C)C1. The number of amides is 1. The van der Waals surface area contributed by atoms with Crippen LogP contribution in [0.15, 0.2) is 0 Å². The number of likely N-dealkylation sites (tertiary alicyclic amines) is 1. The highest BCUT2D eigenvalue weighted by Crippen LogP contribution is 2.20. The molecule has 4 heteroatoms. The van der Waals surface area contributed by atoms with E-state index in [0.29, 0.717) is 12.1 Å². The second-order valence-corrected chi connectivity index (χ2v) is 5.35. The van der Waals surface area contributed by atoms with E-state index in [4.69, 9.17) is 5.73 Å². The first-order chi connectivity index (χ1) is 7.97. The fourth-order valence-electron chi connectivity index (χ4n) is 2.49. The Kier molecular flexibility index (Phi) is 5.40. The third-order valence-electron chi connectivity index (χ3n) is 3.99. The predicted octanol–water partition coefficient (Wildman–Crippen LogP) is 1.05. The first kappa shape index (κ1) is 14.5. The minimum absolute atomic E-state index is 0.105. The summed E-state index contributed by atoms with van der Waals surface area (Å²) in [5, 5.41) is 0. The van der Waals surface area contributed by atoms with Crippen LogP contribution in [0.3, 0.4) is 0 Å². The van der Waals surface area contributed by atoms with Crippen molar-refractivity contribution in [1.82, 2.24) is 9.80 Å². The Morgan fingerprint density at radius 2 is 2.24 bits per heavy atom. The summed E-state index contributed by atoms with van der Waals surface area (Å²) >= 11 is 0. The van der Waals surface area contributed by atoms with Crippen LogP contribution in [-0.2, 0) is 4.79 Å². The van der Waals surface area contributed by atoms with E-state index >= 15 is 0 Å². The molecule has 0 aromatic heterocycles. The first-order valence-electron chi connectivity index (χ1n) is 6.69. The molecule has 17 heavy (non-hydrogen) atoms. The topological polar surface area (TPSA) is 49.6 Å². The van der Waals surface area contributed by atoms with Gasteiger partial charge in [0.2, 0.25) is 5.91 Å². The molecule has 0 aliphatic carbocycles. The molecule has 1 aliphatic rings. The Labute approximate surface area is 105 Å². The molecule has 0 spiro atoms. The van der Waals surface area contributed by atoms with E-state index in [-0.39, 0.29) is 11.9 Å². The van der Waals surface area contributed by atoms with Crippen molar-refractivity contribution in [3.63, 3.8) is 0 Å². The highest BCUT2D eigenvalue weighted by atomic mass is 16.2. The Balaban J connectivity index is 2.52. The Bertz CT molecular complexity index is 257. The van der Waals surface area contributed by atoms with Gasteiger partial charge in [-0.2, -0.15) is 0 Å². The Morgan fingerprint density at radius 1 is 1.59 bits per heavy atom. The van der Waals surface area contributed by atoms with E-state index in [1.807, 2.05) is 11.9 Å². The molecule has 2 N–H and O–H groups in total. The number of likely N-dealkylation sites (N-methyl/N-ethyl adjacent to an activating group) is 1. The molecule has 4 nitrogen and oxygen atoms in total. The zero-order chi connectivity index (χ0) is 13.0. The van der Waals surface area contributed by atoms with Gasteiger partial charge >= 0.3 is 0 Å². The number of carbonyl (C=O) groups excluding carboxylic acids is 1. The number of nitrogens with two attached hydrogens (primary N) is 1. The standard InChI is InChI=1S/C13H27N3O/c1-5-6-12(14)13(17)16(4)11-7-8-15(3)10(2)9-11/h10-12H,5-9,14H2,1-4H3/t10-,11-,12+/m1/s1. The zero-order valence-electron chi connectivity index (χ0n) is 11.6. The van der Waals surface area contributed by atoms with E-state index in [1.54, 1.807) is 0 Å². The van der Waals surface area contributed by atoms with Gasteiger partial charge in [-0.3, -0.25) is 4.79 Å². The van der Waals surface area contributed by atoms with Gasteiger partial charge in [0.1, 0.15) is 0 Å². The third-order valence-corrected chi connectivity index (χ3v) is 3.99. The van der Waals surface area contributed by atoms with Gasteiger partial charge in [-0.15, -0.1) is 0 Å². The van der Waals surface area contributed by atoms with E-state index < -0.39 is 0 Å². The fourth-order valence-corrected chi connectivity index (χ4v) is 2.49. The summed E-state index contributed by atoms with van der Waals surface area (Å²) in [4.78, 5) is 16.3. The third kappa shape index (κ3) is 3.68. The molecule has 0 unspecified atom stereocenters. The summed E-state index contributed by atoms with van der Waals surface area (Å²) in [5.74, 6) is 0.105. The van der Waals surface area contributed by atoms with Gasteiger partial charge in [-0.25, -0.2) is 0 Å². The quantitative estimate of drug-likeness (QED) is 0.800. The van der Waals surface area contributed by atoms with Crippen molar-refractivity contribution in [2.45, 2.75) is 57.7 Å². The zero-order valence-corrected chi connectivity index (χ0v) is 11.6. The monoisotopic (exact) mass is 241 g/mol. The summed E-state index contributed by atoms with van der Waals surface area (Å²) in [7, 11) is 4.05. The van der Waals surface area contributed by atoms with Crippen LogP contribution in [0.1, 0.15) is 39.5 Å². The average Bonchev–Trinajstić information content (AvgIpc) is 2.31. The van der Waals surface area contributed by atoms with Crippen LogP contribution in [0.5, 0.6) is 0 Å². The van der Waals surface area contributed by atoms with Crippen LogP contribution >= 0.6 is 0 Å². The molecule has 100 valence electrons. The molecule has 0 aromatic carbocycles. The molecule has 1 saturated heterocycles. The molecular weight excluding hydrogens is 214 g/mol. The molecule has 3 atom stereocenters. The summed E-state index contributed by atoms with van der Waals surface area (Å²) in [6.45, 7) is 5.34. The summed E-state index contributed by atoms with van der Waals surface area (Å²) in [5.41, 5.74) is 5.90. The second-order valence-electron chi connectivity index (χ2n) is 5.35. The van der Waals surface area contributed by atoms with Crippen LogP contribution in [0.25, 0.3) is 0 Å². The lowest BCUT2D eigenvalue weighted by Gasteiger charge is -2.40. The van der Waals surface area contributed by atoms with Gasteiger partial charge in [-0.1, -0.05) is 13.3 Å². The molecule has 1 aliphatic heterocycles. The largest absolute Gasteiger partial charge is 0.341 e. The van der Waals surface area contributed by atoms with Crippen LogP contribution in [-0.4, -0.2) is 54.5 Å². The van der Waals surface area contributed by atoms with E-state index in [1.165, 1.54) is 0 Å². The van der Waals surface area contributed by atoms with Crippen LogP contribution < -0.4 is 5.73 Å². The molecule has 0 radical (unpaired) electrons. The van der Waals surface area contributed by atoms with E-state index in [2.05, 4.69) is 25.8 Å². The molecule has 0 bridgehead atoms. The summed E-state index contributed by atoms with van der Waals surface area (Å²) in [6, 6.07) is 0.586. The predicted molar refractivity (Wildman–Crippen MR) is 70.8 cm³/mol. The van der Waals surface area contributed by atoms with E-state index in [9.17, 15) is 4.79 Å². The normalized spacial score (nSPS) is 27.8. The van der Waals surface area contributed by atoms with Crippen molar-refractivity contribution >= 4 is 5.91 Å². The Morgan fingerprint density at radius 3 is 2.76 bits per heavy atom. The number of nitrogens with zero attached hydrogens (tertiary/aromatic N) is 2. The van der Waals surface area contributed by atoms with Crippen molar-refractivity contribution in [1.29, 1.82) is 0 Å². The van der Waals surface area contributed by atoms with Crippen LogP contribution in [0, 0.1) is 0 Å². The summed E-state index contributed by atoms with van der Waals surface area (Å²) in [6.07, 6.45) is 3.86. The minimum atomic E-state index is -0.319. The molecule has 1 amide bonds. The summed E-state index contributed by atoms with van der Waals surface area (Å²) < 4.78 is 0. The molecule has 0 aromatic rings. The van der Waals surface area contributed by atoms with Crippen LogP contribution in [0.2, 0.25) is 0 Å². The molecular formula is C13H27N3O. The average molecular weight is 241 g/mol. The number of hydrogen-bond acceptors (Lipinski definition) is 3. The second kappa shape index (κ2) is 6.36. The Hall–Kier alpha value is -0.610. The molecule has 1 heterocycles. The first-order valence-corrected chi connectivity index (χ1v) is 6.69. The lowest BCUT2D eigenvalue weighted by molar-refractivity contribution is -0.134. The van der Waals surface area contributed by atoms with Crippen LogP contribution in [0.4, 0.5) is 0 Å². The lowest BCUT2D eigenvalue weighted by Crippen LogP contribution is -2.51. The molecule has 0 saturated carbocycles. The van der Waals surface area contributed by atoms with Crippen molar-refractivity contribution < 1.29 is 4.79 Å². The van der Waals surface area contributed by atoms with Gasteiger partial charge in [-0.05, 0) is 33.2 Å². The fraction of sp³-hybridized carbons (Fsp3) is 0.923. The minimum Gasteiger partial charge on any atom is -0.341 e. The van der Waals surface area contributed by atoms with Crippen molar-refractivity contribution in [2.75, 3.05) is 20.6 Å². The molecule has 1 fully saturated rings. The highest BCUT2D eigenvalue weighted by Gasteiger charge is 2.29. The maximum Gasteiger partial charge on any atom is 0.239 e. The number of hydrogen-bond donors (Lipinski definition) is 1. The van der Waals surface area contributed by atoms with Crippen molar-refractivity contribution in [3.8, 4) is 0 Å². The van der Waals surface area contributed by atoms with Gasteiger partial charge in [0.25, 0.3) is 0 Å². The van der Waals surface area contributed by atoms with Gasteiger partial charge in [0, 0.05) is 25.7 Å². The van der Waals surface area contributed by atoms with Gasteiger partial charge in [0.15, 0.2) is 0 Å². The van der Waals surface area contributed by atoms with Gasteiger partial charge in [0.05, 0.1) is 6.04 Å². The van der Waals surface area contributed by atoms with Gasteiger partial charge < -0.3 is 15.5 Å². The smallest absolute Gasteiger partial charge is 0.239 e. The number of rotatable bonds is 4. The number of piperidine rings is 1. The van der Waals surface area contributed by atoms with Crippen molar-refractivity contribution in [3.05, 3.63) is 0 Å². The highest BCUT2D eigenvalue weighted by molar-refractivity contribution is 5.81. The van der Waals surface area contributed by atoms with E-state index in [0.717, 1.165) is 32.2 Å². The van der Waals surface area contributed by atoms with Crippen molar-refractivity contribution in [2.24, 2.45) is 5.73 Å². The lowest BCUT2D eigenvalue weighted by atomic mass is 9.97. The molecule has 1 rings (SSSR count). The maximum atomic E-state index is 12.1. The maximum absolute atomic E-state index is 12.1.